The molecule has 0 saturated carbocycles. The Bertz CT molecular complexity index is 454. The zero-order valence-electron chi connectivity index (χ0n) is 13.7. The molecule has 0 spiro atoms. The van der Waals surface area contributed by atoms with Crippen LogP contribution in [-0.4, -0.2) is 71.7 Å². The molecule has 1 N–H and O–H groups in total. The monoisotopic (exact) mass is 303 g/mol. The minimum Gasteiger partial charge on any atom is -0.392 e. The molecule has 2 aliphatic heterocycles. The molecule has 122 valence electrons. The predicted molar refractivity (Wildman–Crippen MR) is 89.7 cm³/mol. The number of aliphatic hydroxyl groups is 1. The standard InChI is InChI=1S/C18H29N3O/c1-2-19-9-11-21(12-10-19)18-7-8-20(14-18)13-16-3-5-17(15-22)6-4-16/h3-6,18,22H,2,7-15H2,1H3. The molecule has 2 fully saturated rings. The third-order valence-electron chi connectivity index (χ3n) is 5.23. The summed E-state index contributed by atoms with van der Waals surface area (Å²) >= 11 is 0. The first-order valence-corrected chi connectivity index (χ1v) is 8.66. The Hall–Kier alpha value is -0.940. The number of piperazine rings is 1. The maximum atomic E-state index is 9.11. The normalized spacial score (nSPS) is 24.9. The summed E-state index contributed by atoms with van der Waals surface area (Å²) < 4.78 is 0. The van der Waals surface area contributed by atoms with Crippen LogP contribution >= 0.6 is 0 Å². The molecule has 1 aromatic carbocycles. The van der Waals surface area contributed by atoms with Gasteiger partial charge in [0.05, 0.1) is 6.61 Å². The Labute approximate surface area is 134 Å². The molecule has 0 aromatic heterocycles. The lowest BCUT2D eigenvalue weighted by molar-refractivity contribution is 0.101. The van der Waals surface area contributed by atoms with Gasteiger partial charge in [0, 0.05) is 51.9 Å². The van der Waals surface area contributed by atoms with Crippen molar-refractivity contribution in [3.63, 3.8) is 0 Å². The topological polar surface area (TPSA) is 30.0 Å². The van der Waals surface area contributed by atoms with Gasteiger partial charge < -0.3 is 10.0 Å². The largest absolute Gasteiger partial charge is 0.392 e. The Morgan fingerprint density at radius 3 is 2.27 bits per heavy atom. The van der Waals surface area contributed by atoms with Gasteiger partial charge in [0.15, 0.2) is 0 Å². The van der Waals surface area contributed by atoms with Crippen LogP contribution in [0.25, 0.3) is 0 Å². The summed E-state index contributed by atoms with van der Waals surface area (Å²) in [7, 11) is 0. The fourth-order valence-electron chi connectivity index (χ4n) is 3.71. The van der Waals surface area contributed by atoms with Crippen LogP contribution in [0.5, 0.6) is 0 Å². The third-order valence-corrected chi connectivity index (χ3v) is 5.23. The van der Waals surface area contributed by atoms with Gasteiger partial charge in [-0.1, -0.05) is 31.2 Å². The van der Waals surface area contributed by atoms with Crippen molar-refractivity contribution in [3.05, 3.63) is 35.4 Å². The average Bonchev–Trinajstić information content (AvgIpc) is 3.04. The van der Waals surface area contributed by atoms with E-state index in [1.807, 2.05) is 12.1 Å². The average molecular weight is 303 g/mol. The number of nitrogens with zero attached hydrogens (tertiary/aromatic N) is 3. The first kappa shape index (κ1) is 15.9. The number of rotatable bonds is 5. The summed E-state index contributed by atoms with van der Waals surface area (Å²) in [6, 6.07) is 9.12. The van der Waals surface area contributed by atoms with E-state index in [9.17, 15) is 0 Å². The highest BCUT2D eigenvalue weighted by atomic mass is 16.3. The molecule has 0 bridgehead atoms. The van der Waals surface area contributed by atoms with E-state index in [0.29, 0.717) is 0 Å². The van der Waals surface area contributed by atoms with Gasteiger partial charge in [0.25, 0.3) is 0 Å². The van der Waals surface area contributed by atoms with Crippen LogP contribution in [0.4, 0.5) is 0 Å². The van der Waals surface area contributed by atoms with Crippen molar-refractivity contribution in [1.29, 1.82) is 0 Å². The molecule has 4 heteroatoms. The number of hydrogen-bond donors (Lipinski definition) is 1. The quantitative estimate of drug-likeness (QED) is 0.890. The van der Waals surface area contributed by atoms with Crippen molar-refractivity contribution in [3.8, 4) is 0 Å². The van der Waals surface area contributed by atoms with Crippen molar-refractivity contribution in [2.45, 2.75) is 32.5 Å². The van der Waals surface area contributed by atoms with Gasteiger partial charge in [-0.2, -0.15) is 0 Å². The third kappa shape index (κ3) is 3.87. The van der Waals surface area contributed by atoms with E-state index in [0.717, 1.165) is 18.2 Å². The second-order valence-corrected chi connectivity index (χ2v) is 6.62. The van der Waals surface area contributed by atoms with E-state index < -0.39 is 0 Å². The Balaban J connectivity index is 1.47. The summed E-state index contributed by atoms with van der Waals surface area (Å²) in [6.07, 6.45) is 1.31. The summed E-state index contributed by atoms with van der Waals surface area (Å²) in [5.74, 6) is 0. The van der Waals surface area contributed by atoms with Crippen molar-refractivity contribution in [1.82, 2.24) is 14.7 Å². The highest BCUT2D eigenvalue weighted by molar-refractivity contribution is 5.22. The summed E-state index contributed by atoms with van der Waals surface area (Å²) in [5, 5.41) is 9.11. The molecule has 1 atom stereocenters. The van der Waals surface area contributed by atoms with Gasteiger partial charge in [0.1, 0.15) is 0 Å². The van der Waals surface area contributed by atoms with E-state index in [4.69, 9.17) is 5.11 Å². The Morgan fingerprint density at radius 1 is 0.955 bits per heavy atom. The molecule has 4 nitrogen and oxygen atoms in total. The Kier molecular flexibility index (Phi) is 5.47. The van der Waals surface area contributed by atoms with Crippen LogP contribution in [0.15, 0.2) is 24.3 Å². The molecule has 22 heavy (non-hydrogen) atoms. The van der Waals surface area contributed by atoms with Gasteiger partial charge in [-0.15, -0.1) is 0 Å². The molecule has 3 rings (SSSR count). The number of likely N-dealkylation sites (N-methyl/N-ethyl adjacent to an activating group) is 1. The molecule has 1 unspecified atom stereocenters. The first-order valence-electron chi connectivity index (χ1n) is 8.66. The smallest absolute Gasteiger partial charge is 0.0681 e. The fourth-order valence-corrected chi connectivity index (χ4v) is 3.71. The SMILES string of the molecule is CCN1CCN(C2CCN(Cc3ccc(CO)cc3)C2)CC1. The predicted octanol–water partition coefficient (Wildman–Crippen LogP) is 1.39. The lowest BCUT2D eigenvalue weighted by Gasteiger charge is -2.37. The van der Waals surface area contributed by atoms with Crippen molar-refractivity contribution < 1.29 is 5.11 Å². The minimum atomic E-state index is 0.135. The van der Waals surface area contributed by atoms with E-state index in [1.165, 1.54) is 57.8 Å². The molecule has 0 radical (unpaired) electrons. The number of aliphatic hydroxyl groups excluding tert-OH is 1. The van der Waals surface area contributed by atoms with Gasteiger partial charge in [-0.25, -0.2) is 0 Å². The molecule has 2 aliphatic rings. The number of hydrogen-bond acceptors (Lipinski definition) is 4. The summed E-state index contributed by atoms with van der Waals surface area (Å²) in [5.41, 5.74) is 2.35. The molecule has 2 saturated heterocycles. The van der Waals surface area contributed by atoms with E-state index in [2.05, 4.69) is 33.8 Å². The maximum Gasteiger partial charge on any atom is 0.0681 e. The fraction of sp³-hybridized carbons (Fsp3) is 0.667. The van der Waals surface area contributed by atoms with E-state index in [1.54, 1.807) is 0 Å². The Morgan fingerprint density at radius 2 is 1.64 bits per heavy atom. The second kappa shape index (κ2) is 7.55. The molecule has 0 amide bonds. The van der Waals surface area contributed by atoms with E-state index >= 15 is 0 Å². The van der Waals surface area contributed by atoms with Crippen LogP contribution < -0.4 is 0 Å². The van der Waals surface area contributed by atoms with Gasteiger partial charge in [-0.05, 0) is 24.1 Å². The van der Waals surface area contributed by atoms with Crippen LogP contribution in [0.2, 0.25) is 0 Å². The highest BCUT2D eigenvalue weighted by Gasteiger charge is 2.29. The minimum absolute atomic E-state index is 0.135. The van der Waals surface area contributed by atoms with Crippen molar-refractivity contribution in [2.75, 3.05) is 45.8 Å². The van der Waals surface area contributed by atoms with Crippen LogP contribution in [0.3, 0.4) is 0 Å². The highest BCUT2D eigenvalue weighted by Crippen LogP contribution is 2.19. The lowest BCUT2D eigenvalue weighted by Crippen LogP contribution is -2.50. The number of likely N-dealkylation sites (tertiary alicyclic amines) is 1. The van der Waals surface area contributed by atoms with Crippen LogP contribution in [0, 0.1) is 0 Å². The van der Waals surface area contributed by atoms with Crippen LogP contribution in [-0.2, 0) is 13.2 Å². The molecule has 0 aliphatic carbocycles. The lowest BCUT2D eigenvalue weighted by atomic mass is 10.1. The number of benzene rings is 1. The van der Waals surface area contributed by atoms with Crippen molar-refractivity contribution >= 4 is 0 Å². The molecule has 2 heterocycles. The van der Waals surface area contributed by atoms with Gasteiger partial charge in [0.2, 0.25) is 0 Å². The molecule has 1 aromatic rings. The zero-order valence-corrected chi connectivity index (χ0v) is 13.7. The molecular formula is C18H29N3O. The van der Waals surface area contributed by atoms with Gasteiger partial charge in [-0.3, -0.25) is 9.80 Å². The zero-order chi connectivity index (χ0) is 15.4. The first-order chi connectivity index (χ1) is 10.8. The van der Waals surface area contributed by atoms with Crippen LogP contribution in [0.1, 0.15) is 24.5 Å². The second-order valence-electron chi connectivity index (χ2n) is 6.62. The summed E-state index contributed by atoms with van der Waals surface area (Å²) in [4.78, 5) is 7.82. The summed E-state index contributed by atoms with van der Waals surface area (Å²) in [6.45, 7) is 12.0. The maximum absolute atomic E-state index is 9.11. The van der Waals surface area contributed by atoms with Gasteiger partial charge >= 0.3 is 0 Å². The van der Waals surface area contributed by atoms with E-state index in [-0.39, 0.29) is 6.61 Å². The molecular weight excluding hydrogens is 274 g/mol. The van der Waals surface area contributed by atoms with Crippen molar-refractivity contribution in [2.24, 2.45) is 0 Å².